The number of anilines is 1. The molecule has 1 fully saturated rings. The number of aromatic hydroxyl groups is 1. The molecule has 0 heterocycles. The van der Waals surface area contributed by atoms with Crippen LogP contribution in [0.4, 0.5) is 10.1 Å². The topological polar surface area (TPSA) is 41.5 Å². The Hall–Kier alpha value is -1.29. The van der Waals surface area contributed by atoms with E-state index in [2.05, 4.69) is 33.0 Å². The number of phenolic OH excluding ortho intramolecular Hbond substituents is 1. The molecule has 0 amide bonds. The molecule has 1 aromatic carbocycles. The lowest BCUT2D eigenvalue weighted by molar-refractivity contribution is -0.108. The van der Waals surface area contributed by atoms with E-state index in [4.69, 9.17) is 4.74 Å². The molecular weight excluding hydrogens is 257 g/mol. The standard InChI is InChI=1S/C16H24FNO2/c1-10(2)9-20-15-8-14(16(15,3)4)18-11-5-6-13(19)12(17)7-11/h5-7,10,14-15,18-19H,8-9H2,1-4H3. The Morgan fingerprint density at radius 1 is 1.45 bits per heavy atom. The monoisotopic (exact) mass is 281 g/mol. The predicted octanol–water partition coefficient (Wildman–Crippen LogP) is 3.78. The first-order valence-electron chi connectivity index (χ1n) is 7.17. The summed E-state index contributed by atoms with van der Waals surface area (Å²) in [7, 11) is 0. The molecule has 0 aliphatic heterocycles. The third-order valence-electron chi connectivity index (χ3n) is 4.10. The van der Waals surface area contributed by atoms with E-state index in [-0.39, 0.29) is 23.3 Å². The number of ether oxygens (including phenoxy) is 1. The van der Waals surface area contributed by atoms with Crippen molar-refractivity contribution in [2.75, 3.05) is 11.9 Å². The third-order valence-corrected chi connectivity index (χ3v) is 4.10. The Labute approximate surface area is 120 Å². The maximum absolute atomic E-state index is 13.3. The maximum atomic E-state index is 13.3. The summed E-state index contributed by atoms with van der Waals surface area (Å²) >= 11 is 0. The van der Waals surface area contributed by atoms with Crippen molar-refractivity contribution in [2.24, 2.45) is 11.3 Å². The summed E-state index contributed by atoms with van der Waals surface area (Å²) in [5.74, 6) is -0.384. The molecule has 2 N–H and O–H groups in total. The molecule has 1 aromatic rings. The van der Waals surface area contributed by atoms with Gasteiger partial charge in [-0.2, -0.15) is 0 Å². The van der Waals surface area contributed by atoms with Crippen molar-refractivity contribution in [3.05, 3.63) is 24.0 Å². The molecule has 4 heteroatoms. The van der Waals surface area contributed by atoms with Gasteiger partial charge in [-0.25, -0.2) is 4.39 Å². The molecule has 0 aromatic heterocycles. The SMILES string of the molecule is CC(C)COC1CC(Nc2ccc(O)c(F)c2)C1(C)C. The highest BCUT2D eigenvalue weighted by Crippen LogP contribution is 2.44. The van der Waals surface area contributed by atoms with Crippen molar-refractivity contribution in [1.82, 2.24) is 0 Å². The van der Waals surface area contributed by atoms with Crippen molar-refractivity contribution in [1.29, 1.82) is 0 Å². The number of nitrogens with one attached hydrogen (secondary N) is 1. The van der Waals surface area contributed by atoms with Crippen LogP contribution in [0.15, 0.2) is 18.2 Å². The molecule has 1 saturated carbocycles. The minimum atomic E-state index is -0.597. The largest absolute Gasteiger partial charge is 0.505 e. The Bertz CT molecular complexity index is 474. The summed E-state index contributed by atoms with van der Waals surface area (Å²) in [6.45, 7) is 9.38. The van der Waals surface area contributed by atoms with E-state index in [9.17, 15) is 9.50 Å². The Kier molecular flexibility index (Phi) is 4.23. The first-order chi connectivity index (χ1) is 9.30. The second kappa shape index (κ2) is 5.60. The van der Waals surface area contributed by atoms with Crippen molar-refractivity contribution in [2.45, 2.75) is 46.3 Å². The van der Waals surface area contributed by atoms with Gasteiger partial charge in [0.05, 0.1) is 6.10 Å². The molecule has 1 aliphatic carbocycles. The van der Waals surface area contributed by atoms with Gasteiger partial charge < -0.3 is 15.2 Å². The summed E-state index contributed by atoms with van der Waals surface area (Å²) in [6.07, 6.45) is 1.16. The van der Waals surface area contributed by atoms with Gasteiger partial charge in [0.1, 0.15) is 0 Å². The summed E-state index contributed by atoms with van der Waals surface area (Å²) in [6, 6.07) is 4.64. The molecule has 0 spiro atoms. The molecule has 1 aliphatic rings. The molecule has 20 heavy (non-hydrogen) atoms. The highest BCUT2D eigenvalue weighted by Gasteiger charge is 2.49. The molecule has 0 saturated heterocycles. The van der Waals surface area contributed by atoms with Crippen molar-refractivity contribution in [3.63, 3.8) is 0 Å². The average Bonchev–Trinajstić information content (AvgIpc) is 2.36. The van der Waals surface area contributed by atoms with Crippen LogP contribution in [0.2, 0.25) is 0 Å². The Balaban J connectivity index is 1.93. The fourth-order valence-electron chi connectivity index (χ4n) is 2.52. The molecular formula is C16H24FNO2. The lowest BCUT2D eigenvalue weighted by Gasteiger charge is -2.52. The lowest BCUT2D eigenvalue weighted by Crippen LogP contribution is -2.58. The van der Waals surface area contributed by atoms with Gasteiger partial charge in [0.2, 0.25) is 0 Å². The number of hydrogen-bond acceptors (Lipinski definition) is 3. The van der Waals surface area contributed by atoms with Crippen molar-refractivity contribution >= 4 is 5.69 Å². The zero-order chi connectivity index (χ0) is 14.9. The smallest absolute Gasteiger partial charge is 0.166 e. The first-order valence-corrected chi connectivity index (χ1v) is 7.17. The third kappa shape index (κ3) is 3.06. The number of rotatable bonds is 5. The zero-order valence-electron chi connectivity index (χ0n) is 12.6. The van der Waals surface area contributed by atoms with E-state index in [1.54, 1.807) is 6.07 Å². The van der Waals surface area contributed by atoms with Crippen LogP contribution in [-0.2, 0) is 4.74 Å². The number of benzene rings is 1. The van der Waals surface area contributed by atoms with Gasteiger partial charge in [-0.05, 0) is 24.5 Å². The quantitative estimate of drug-likeness (QED) is 0.807. The van der Waals surface area contributed by atoms with E-state index in [0.717, 1.165) is 13.0 Å². The summed E-state index contributed by atoms with van der Waals surface area (Å²) in [5.41, 5.74) is 0.712. The number of halogens is 1. The summed E-state index contributed by atoms with van der Waals surface area (Å²) in [5, 5.41) is 12.5. The summed E-state index contributed by atoms with van der Waals surface area (Å²) < 4.78 is 19.2. The second-order valence-electron chi connectivity index (χ2n) is 6.64. The zero-order valence-corrected chi connectivity index (χ0v) is 12.6. The van der Waals surface area contributed by atoms with Gasteiger partial charge in [0.25, 0.3) is 0 Å². The first kappa shape index (κ1) is 15.1. The Morgan fingerprint density at radius 3 is 2.70 bits per heavy atom. The van der Waals surface area contributed by atoms with Gasteiger partial charge in [-0.3, -0.25) is 0 Å². The van der Waals surface area contributed by atoms with Crippen LogP contribution in [-0.4, -0.2) is 23.9 Å². The van der Waals surface area contributed by atoms with Gasteiger partial charge in [-0.1, -0.05) is 27.7 Å². The minimum Gasteiger partial charge on any atom is -0.505 e. The molecule has 0 radical (unpaired) electrons. The van der Waals surface area contributed by atoms with Crippen LogP contribution < -0.4 is 5.32 Å². The van der Waals surface area contributed by atoms with Crippen LogP contribution in [0.1, 0.15) is 34.1 Å². The summed E-state index contributed by atoms with van der Waals surface area (Å²) in [4.78, 5) is 0. The van der Waals surface area contributed by atoms with E-state index in [0.29, 0.717) is 11.6 Å². The molecule has 3 nitrogen and oxygen atoms in total. The van der Waals surface area contributed by atoms with E-state index in [1.165, 1.54) is 12.1 Å². The molecule has 2 atom stereocenters. The van der Waals surface area contributed by atoms with E-state index < -0.39 is 5.82 Å². The lowest BCUT2D eigenvalue weighted by atomic mass is 9.64. The number of hydrogen-bond donors (Lipinski definition) is 2. The van der Waals surface area contributed by atoms with Crippen molar-refractivity contribution in [3.8, 4) is 5.75 Å². The Morgan fingerprint density at radius 2 is 2.15 bits per heavy atom. The fourth-order valence-corrected chi connectivity index (χ4v) is 2.52. The van der Waals surface area contributed by atoms with Gasteiger partial charge in [0, 0.05) is 29.8 Å². The highest BCUT2D eigenvalue weighted by atomic mass is 19.1. The van der Waals surface area contributed by atoms with Crippen LogP contribution >= 0.6 is 0 Å². The molecule has 0 bridgehead atoms. The minimum absolute atomic E-state index is 0.0171. The number of phenols is 1. The van der Waals surface area contributed by atoms with Crippen LogP contribution in [0, 0.1) is 17.2 Å². The van der Waals surface area contributed by atoms with Crippen LogP contribution in [0.25, 0.3) is 0 Å². The van der Waals surface area contributed by atoms with Gasteiger partial charge in [-0.15, -0.1) is 0 Å². The van der Waals surface area contributed by atoms with Crippen molar-refractivity contribution < 1.29 is 14.2 Å². The van der Waals surface area contributed by atoms with Gasteiger partial charge >= 0.3 is 0 Å². The second-order valence-corrected chi connectivity index (χ2v) is 6.64. The van der Waals surface area contributed by atoms with E-state index in [1.807, 2.05) is 0 Å². The normalized spacial score (nSPS) is 24.5. The fraction of sp³-hybridized carbons (Fsp3) is 0.625. The van der Waals surface area contributed by atoms with Gasteiger partial charge in [0.15, 0.2) is 11.6 Å². The molecule has 2 rings (SSSR count). The van der Waals surface area contributed by atoms with Crippen LogP contribution in [0.3, 0.4) is 0 Å². The van der Waals surface area contributed by atoms with Crippen LogP contribution in [0.5, 0.6) is 5.75 Å². The molecule has 2 unspecified atom stereocenters. The average molecular weight is 281 g/mol. The predicted molar refractivity (Wildman–Crippen MR) is 78.5 cm³/mol. The van der Waals surface area contributed by atoms with E-state index >= 15 is 0 Å². The molecule has 112 valence electrons. The maximum Gasteiger partial charge on any atom is 0.166 e. The highest BCUT2D eigenvalue weighted by molar-refractivity contribution is 5.48.